The minimum atomic E-state index is 1.20. The molecule has 3 rings (SSSR count). The number of nitrogens with one attached hydrogen (secondary N) is 1. The minimum Gasteiger partial charge on any atom is -0.360 e. The van der Waals surface area contributed by atoms with E-state index in [4.69, 9.17) is 0 Å². The van der Waals surface area contributed by atoms with Crippen LogP contribution in [-0.2, 0) is 12.8 Å². The Balaban J connectivity index is 2.32. The number of aromatic amines is 1. The minimum absolute atomic E-state index is 1.20. The summed E-state index contributed by atoms with van der Waals surface area (Å²) in [5, 5.41) is 2.18. The van der Waals surface area contributed by atoms with Gasteiger partial charge >= 0.3 is 0 Å². The molecule has 0 spiro atoms. The van der Waals surface area contributed by atoms with Crippen LogP contribution >= 0.6 is 11.3 Å². The molecule has 1 aliphatic rings. The molecule has 60 valence electrons. The largest absolute Gasteiger partial charge is 0.360 e. The van der Waals surface area contributed by atoms with Crippen LogP contribution in [0.2, 0.25) is 0 Å². The van der Waals surface area contributed by atoms with Gasteiger partial charge in [-0.05, 0) is 41.5 Å². The lowest BCUT2D eigenvalue weighted by molar-refractivity contribution is 0.951. The molecular formula is C10H9NS. The summed E-state index contributed by atoms with van der Waals surface area (Å²) >= 11 is 1.84. The van der Waals surface area contributed by atoms with Crippen LogP contribution in [-0.4, -0.2) is 4.98 Å². The zero-order valence-electron chi connectivity index (χ0n) is 6.63. The van der Waals surface area contributed by atoms with Gasteiger partial charge in [-0.1, -0.05) is 0 Å². The molecule has 0 atom stereocenters. The maximum Gasteiger partial charge on any atom is 0.0590 e. The van der Waals surface area contributed by atoms with Gasteiger partial charge in [0.25, 0.3) is 0 Å². The zero-order chi connectivity index (χ0) is 7.97. The standard InChI is InChI=1S/C10H9NS/c1-2-8-4-6-12-10(8)9-7(1)3-5-11-9/h3-6,11H,1-2H2. The topological polar surface area (TPSA) is 15.8 Å². The first kappa shape index (κ1) is 6.49. The molecule has 2 heteroatoms. The molecular weight excluding hydrogens is 166 g/mol. The number of thiophene rings is 1. The molecule has 1 aliphatic carbocycles. The van der Waals surface area contributed by atoms with E-state index >= 15 is 0 Å². The number of aryl methyl sites for hydroxylation is 2. The van der Waals surface area contributed by atoms with Crippen molar-refractivity contribution in [3.8, 4) is 10.6 Å². The van der Waals surface area contributed by atoms with E-state index in [-0.39, 0.29) is 0 Å². The zero-order valence-corrected chi connectivity index (χ0v) is 7.45. The van der Waals surface area contributed by atoms with Gasteiger partial charge in [-0.3, -0.25) is 0 Å². The van der Waals surface area contributed by atoms with Crippen molar-refractivity contribution in [3.05, 3.63) is 34.8 Å². The van der Waals surface area contributed by atoms with Gasteiger partial charge in [0, 0.05) is 6.20 Å². The van der Waals surface area contributed by atoms with E-state index in [1.807, 2.05) is 17.5 Å². The Morgan fingerprint density at radius 2 is 2.08 bits per heavy atom. The second-order valence-corrected chi connectivity index (χ2v) is 4.07. The van der Waals surface area contributed by atoms with Gasteiger partial charge in [-0.15, -0.1) is 11.3 Å². The summed E-state index contributed by atoms with van der Waals surface area (Å²) < 4.78 is 0. The summed E-state index contributed by atoms with van der Waals surface area (Å²) in [6.07, 6.45) is 4.45. The smallest absolute Gasteiger partial charge is 0.0590 e. The number of H-pyrrole nitrogens is 1. The molecule has 2 aromatic rings. The first-order valence-electron chi connectivity index (χ1n) is 4.18. The molecule has 0 saturated carbocycles. The van der Waals surface area contributed by atoms with Gasteiger partial charge in [0.05, 0.1) is 10.6 Å². The number of fused-ring (bicyclic) bond motifs is 3. The number of rotatable bonds is 0. The average Bonchev–Trinajstić information content (AvgIpc) is 2.71. The first-order valence-corrected chi connectivity index (χ1v) is 5.06. The Kier molecular flexibility index (Phi) is 1.21. The summed E-state index contributed by atoms with van der Waals surface area (Å²) in [7, 11) is 0. The van der Waals surface area contributed by atoms with E-state index in [1.54, 1.807) is 0 Å². The van der Waals surface area contributed by atoms with Gasteiger partial charge in [0.2, 0.25) is 0 Å². The van der Waals surface area contributed by atoms with E-state index in [2.05, 4.69) is 22.5 Å². The summed E-state index contributed by atoms with van der Waals surface area (Å²) in [5.74, 6) is 0. The van der Waals surface area contributed by atoms with E-state index in [0.717, 1.165) is 0 Å². The van der Waals surface area contributed by atoms with Gasteiger partial charge < -0.3 is 4.98 Å². The van der Waals surface area contributed by atoms with Crippen molar-refractivity contribution < 1.29 is 0 Å². The Morgan fingerprint density at radius 1 is 1.17 bits per heavy atom. The van der Waals surface area contributed by atoms with Crippen LogP contribution in [0.1, 0.15) is 11.1 Å². The predicted octanol–water partition coefficient (Wildman–Crippen LogP) is 2.84. The fraction of sp³-hybridized carbons (Fsp3) is 0.200. The number of hydrogen-bond donors (Lipinski definition) is 1. The summed E-state index contributed by atoms with van der Waals surface area (Å²) in [4.78, 5) is 4.76. The van der Waals surface area contributed by atoms with E-state index in [9.17, 15) is 0 Å². The molecule has 0 amide bonds. The Bertz CT molecular complexity index is 371. The highest BCUT2D eigenvalue weighted by Crippen LogP contribution is 2.35. The fourth-order valence-corrected chi connectivity index (χ4v) is 2.84. The average molecular weight is 175 g/mol. The normalized spacial score (nSPS) is 14.0. The molecule has 0 aromatic carbocycles. The Hall–Kier alpha value is -1.02. The van der Waals surface area contributed by atoms with Gasteiger partial charge in [-0.2, -0.15) is 0 Å². The summed E-state index contributed by atoms with van der Waals surface area (Å²) in [5.41, 5.74) is 4.34. The third kappa shape index (κ3) is 0.730. The second kappa shape index (κ2) is 2.23. The molecule has 2 heterocycles. The van der Waals surface area contributed by atoms with Crippen LogP contribution in [0, 0.1) is 0 Å². The molecule has 1 N–H and O–H groups in total. The van der Waals surface area contributed by atoms with Crippen LogP contribution in [0.3, 0.4) is 0 Å². The van der Waals surface area contributed by atoms with Crippen molar-refractivity contribution in [2.24, 2.45) is 0 Å². The monoisotopic (exact) mass is 175 g/mol. The van der Waals surface area contributed by atoms with Crippen molar-refractivity contribution in [2.75, 3.05) is 0 Å². The third-order valence-electron chi connectivity index (χ3n) is 2.47. The van der Waals surface area contributed by atoms with Gasteiger partial charge in [0.1, 0.15) is 0 Å². The summed E-state index contributed by atoms with van der Waals surface area (Å²) in [6, 6.07) is 4.43. The lowest BCUT2D eigenvalue weighted by atomic mass is 9.97. The molecule has 0 fully saturated rings. The van der Waals surface area contributed by atoms with E-state index in [1.165, 1.54) is 34.5 Å². The maximum atomic E-state index is 3.31. The number of aromatic nitrogens is 1. The molecule has 0 aliphatic heterocycles. The predicted molar refractivity (Wildman–Crippen MR) is 51.5 cm³/mol. The molecule has 1 nitrogen and oxygen atoms in total. The number of hydrogen-bond acceptors (Lipinski definition) is 1. The Morgan fingerprint density at radius 3 is 3.08 bits per heavy atom. The maximum absolute atomic E-state index is 3.31. The summed E-state index contributed by atoms with van der Waals surface area (Å²) in [6.45, 7) is 0. The molecule has 0 unspecified atom stereocenters. The van der Waals surface area contributed by atoms with Crippen molar-refractivity contribution in [1.29, 1.82) is 0 Å². The molecule has 12 heavy (non-hydrogen) atoms. The third-order valence-corrected chi connectivity index (χ3v) is 3.44. The van der Waals surface area contributed by atoms with Crippen LogP contribution in [0.4, 0.5) is 0 Å². The molecule has 0 saturated heterocycles. The molecule has 0 bridgehead atoms. The lowest BCUT2D eigenvalue weighted by Crippen LogP contribution is -1.98. The molecule has 2 aromatic heterocycles. The highest BCUT2D eigenvalue weighted by atomic mass is 32.1. The van der Waals surface area contributed by atoms with Crippen LogP contribution in [0.15, 0.2) is 23.7 Å². The highest BCUT2D eigenvalue weighted by molar-refractivity contribution is 7.13. The van der Waals surface area contributed by atoms with E-state index < -0.39 is 0 Å². The lowest BCUT2D eigenvalue weighted by Gasteiger charge is -2.10. The quantitative estimate of drug-likeness (QED) is 0.633. The molecule has 0 radical (unpaired) electrons. The van der Waals surface area contributed by atoms with E-state index in [0.29, 0.717) is 0 Å². The Labute approximate surface area is 75.1 Å². The fourth-order valence-electron chi connectivity index (χ4n) is 1.84. The highest BCUT2D eigenvalue weighted by Gasteiger charge is 2.17. The van der Waals surface area contributed by atoms with Gasteiger partial charge in [0.15, 0.2) is 0 Å². The van der Waals surface area contributed by atoms with Crippen molar-refractivity contribution in [3.63, 3.8) is 0 Å². The SMILES string of the molecule is c1cc2c([nH]1)-c1sccc1CC2. The van der Waals surface area contributed by atoms with Crippen LogP contribution < -0.4 is 0 Å². The second-order valence-electron chi connectivity index (χ2n) is 3.15. The van der Waals surface area contributed by atoms with Crippen LogP contribution in [0.5, 0.6) is 0 Å². The van der Waals surface area contributed by atoms with Crippen LogP contribution in [0.25, 0.3) is 10.6 Å². The first-order chi connectivity index (χ1) is 5.95. The van der Waals surface area contributed by atoms with Crippen molar-refractivity contribution in [1.82, 2.24) is 4.98 Å². The van der Waals surface area contributed by atoms with Crippen molar-refractivity contribution >= 4 is 11.3 Å². The van der Waals surface area contributed by atoms with Gasteiger partial charge in [-0.25, -0.2) is 0 Å². The van der Waals surface area contributed by atoms with Crippen molar-refractivity contribution in [2.45, 2.75) is 12.8 Å².